The van der Waals surface area contributed by atoms with Crippen LogP contribution in [0.2, 0.25) is 0 Å². The van der Waals surface area contributed by atoms with Gasteiger partial charge in [0.05, 0.1) is 5.69 Å². The number of guanidine groups is 1. The summed E-state index contributed by atoms with van der Waals surface area (Å²) >= 11 is 1.98. The molecule has 2 aromatic heterocycles. The lowest BCUT2D eigenvalue weighted by Gasteiger charge is -2.27. The molecule has 1 aliphatic heterocycles. The van der Waals surface area contributed by atoms with Crippen LogP contribution in [0.4, 0.5) is 0 Å². The van der Waals surface area contributed by atoms with Crippen LogP contribution in [-0.4, -0.2) is 51.4 Å². The Hall–Kier alpha value is -0.960. The number of hydrogen-bond acceptors (Lipinski definition) is 3. The van der Waals surface area contributed by atoms with E-state index in [-0.39, 0.29) is 24.0 Å². The molecular formula is C15H22IN5S. The number of aromatic nitrogens is 2. The molecule has 5 nitrogen and oxygen atoms in total. The van der Waals surface area contributed by atoms with E-state index in [4.69, 9.17) is 5.73 Å². The number of nitrogens with zero attached hydrogens (tertiary/aromatic N) is 4. The molecule has 0 saturated carbocycles. The smallest absolute Gasteiger partial charge is 0.191 e. The second-order valence-corrected chi connectivity index (χ2v) is 6.47. The van der Waals surface area contributed by atoms with Crippen LogP contribution in [0.5, 0.6) is 0 Å². The summed E-state index contributed by atoms with van der Waals surface area (Å²) in [5, 5.41) is 0. The highest BCUT2D eigenvalue weighted by Crippen LogP contribution is 2.11. The predicted molar refractivity (Wildman–Crippen MR) is 104 cm³/mol. The Labute approximate surface area is 152 Å². The van der Waals surface area contributed by atoms with Gasteiger partial charge in [-0.25, -0.2) is 4.98 Å². The van der Waals surface area contributed by atoms with E-state index in [0.29, 0.717) is 12.5 Å². The summed E-state index contributed by atoms with van der Waals surface area (Å²) in [5.41, 5.74) is 9.34. The Kier molecular flexibility index (Phi) is 6.37. The number of aryl methyl sites for hydroxylation is 1. The molecule has 1 aliphatic rings. The van der Waals surface area contributed by atoms with Crippen LogP contribution in [-0.2, 0) is 6.42 Å². The van der Waals surface area contributed by atoms with E-state index in [0.717, 1.165) is 42.4 Å². The van der Waals surface area contributed by atoms with Crippen LogP contribution in [0.1, 0.15) is 11.3 Å². The van der Waals surface area contributed by atoms with Crippen molar-refractivity contribution < 1.29 is 0 Å². The monoisotopic (exact) mass is 431 g/mol. The molecule has 1 fully saturated rings. The molecule has 0 unspecified atom stereocenters. The van der Waals surface area contributed by atoms with Crippen molar-refractivity contribution in [2.45, 2.75) is 13.3 Å². The first kappa shape index (κ1) is 17.4. The standard InChI is InChI=1S/C15H21N5S.HI/c1-12-3-2-6-20-11-13(18-14(12)20)4-5-17-15(16)19-7-9-21-10-8-19;/h2-3,6,11H,4-5,7-10H2,1H3,(H2,16,17);1H. The molecule has 0 spiro atoms. The third kappa shape index (κ3) is 4.07. The normalized spacial score (nSPS) is 15.9. The first-order valence-electron chi connectivity index (χ1n) is 7.30. The lowest BCUT2D eigenvalue weighted by atomic mass is 10.3. The van der Waals surface area contributed by atoms with E-state index in [1.165, 1.54) is 5.56 Å². The first-order valence-corrected chi connectivity index (χ1v) is 8.45. The summed E-state index contributed by atoms with van der Waals surface area (Å²) in [5.74, 6) is 2.96. The van der Waals surface area contributed by atoms with Crippen molar-refractivity contribution >= 4 is 47.3 Å². The van der Waals surface area contributed by atoms with Crippen molar-refractivity contribution in [1.82, 2.24) is 14.3 Å². The van der Waals surface area contributed by atoms with Gasteiger partial charge >= 0.3 is 0 Å². The molecule has 0 bridgehead atoms. The number of imidazole rings is 1. The van der Waals surface area contributed by atoms with Gasteiger partial charge in [0.2, 0.25) is 0 Å². The molecule has 7 heteroatoms. The van der Waals surface area contributed by atoms with Gasteiger partial charge < -0.3 is 15.0 Å². The minimum Gasteiger partial charge on any atom is -0.370 e. The maximum Gasteiger partial charge on any atom is 0.191 e. The van der Waals surface area contributed by atoms with E-state index in [2.05, 4.69) is 38.5 Å². The van der Waals surface area contributed by atoms with E-state index in [1.54, 1.807) is 0 Å². The Morgan fingerprint density at radius 1 is 1.41 bits per heavy atom. The van der Waals surface area contributed by atoms with Crippen molar-refractivity contribution in [1.29, 1.82) is 0 Å². The summed E-state index contributed by atoms with van der Waals surface area (Å²) in [7, 11) is 0. The molecule has 0 aromatic carbocycles. The maximum absolute atomic E-state index is 6.05. The van der Waals surface area contributed by atoms with E-state index < -0.39 is 0 Å². The van der Waals surface area contributed by atoms with E-state index in [1.807, 2.05) is 24.0 Å². The van der Waals surface area contributed by atoms with Gasteiger partial charge in [-0.2, -0.15) is 11.8 Å². The number of fused-ring (bicyclic) bond motifs is 1. The number of pyridine rings is 1. The zero-order valence-corrected chi connectivity index (χ0v) is 15.9. The topological polar surface area (TPSA) is 58.9 Å². The molecule has 2 aromatic rings. The van der Waals surface area contributed by atoms with Crippen molar-refractivity contribution in [3.63, 3.8) is 0 Å². The van der Waals surface area contributed by atoms with Gasteiger partial charge in [0, 0.05) is 50.0 Å². The number of nitrogens with two attached hydrogens (primary N) is 1. The van der Waals surface area contributed by atoms with Crippen LogP contribution in [0.3, 0.4) is 0 Å². The van der Waals surface area contributed by atoms with Gasteiger partial charge in [0.15, 0.2) is 5.96 Å². The number of aliphatic imine (C=N–C) groups is 1. The van der Waals surface area contributed by atoms with E-state index in [9.17, 15) is 0 Å². The average molecular weight is 431 g/mol. The molecule has 0 amide bonds. The number of halogens is 1. The van der Waals surface area contributed by atoms with Crippen molar-refractivity contribution in [2.75, 3.05) is 31.1 Å². The molecule has 0 radical (unpaired) electrons. The third-order valence-electron chi connectivity index (χ3n) is 3.70. The lowest BCUT2D eigenvalue weighted by molar-refractivity contribution is 0.456. The van der Waals surface area contributed by atoms with Crippen molar-refractivity contribution in [3.8, 4) is 0 Å². The molecule has 3 heterocycles. The summed E-state index contributed by atoms with van der Waals surface area (Å²) in [6, 6.07) is 4.12. The zero-order valence-electron chi connectivity index (χ0n) is 12.7. The molecule has 120 valence electrons. The van der Waals surface area contributed by atoms with Crippen LogP contribution >= 0.6 is 35.7 Å². The largest absolute Gasteiger partial charge is 0.370 e. The summed E-state index contributed by atoms with van der Waals surface area (Å²) in [6.07, 6.45) is 4.93. The van der Waals surface area contributed by atoms with Gasteiger partial charge in [-0.15, -0.1) is 24.0 Å². The summed E-state index contributed by atoms with van der Waals surface area (Å²) < 4.78 is 2.07. The Bertz CT molecular complexity index is 648. The van der Waals surface area contributed by atoms with Gasteiger partial charge in [-0.1, -0.05) is 6.07 Å². The van der Waals surface area contributed by atoms with Crippen LogP contribution < -0.4 is 5.73 Å². The SMILES string of the molecule is Cc1cccn2cc(CCN=C(N)N3CCSCC3)nc12.I. The third-order valence-corrected chi connectivity index (χ3v) is 4.65. The average Bonchev–Trinajstić information content (AvgIpc) is 2.92. The van der Waals surface area contributed by atoms with Gasteiger partial charge in [-0.05, 0) is 18.6 Å². The molecule has 0 atom stereocenters. The van der Waals surface area contributed by atoms with E-state index >= 15 is 0 Å². The van der Waals surface area contributed by atoms with Crippen LogP contribution in [0, 0.1) is 6.92 Å². The first-order chi connectivity index (χ1) is 10.2. The summed E-state index contributed by atoms with van der Waals surface area (Å²) in [6.45, 7) is 4.79. The fourth-order valence-electron chi connectivity index (χ4n) is 2.50. The number of rotatable bonds is 3. The molecular weight excluding hydrogens is 409 g/mol. The van der Waals surface area contributed by atoms with Crippen LogP contribution in [0.15, 0.2) is 29.5 Å². The number of thioether (sulfide) groups is 1. The lowest BCUT2D eigenvalue weighted by Crippen LogP contribution is -2.42. The van der Waals surface area contributed by atoms with Crippen molar-refractivity contribution in [3.05, 3.63) is 35.8 Å². The second-order valence-electron chi connectivity index (χ2n) is 5.24. The predicted octanol–water partition coefficient (Wildman–Crippen LogP) is 2.17. The minimum absolute atomic E-state index is 0. The fraction of sp³-hybridized carbons (Fsp3) is 0.467. The fourth-order valence-corrected chi connectivity index (χ4v) is 3.41. The quantitative estimate of drug-likeness (QED) is 0.460. The molecule has 22 heavy (non-hydrogen) atoms. The Balaban J connectivity index is 0.00000176. The minimum atomic E-state index is 0. The van der Waals surface area contributed by atoms with Gasteiger partial charge in [0.1, 0.15) is 5.65 Å². The van der Waals surface area contributed by atoms with Gasteiger partial charge in [-0.3, -0.25) is 4.99 Å². The van der Waals surface area contributed by atoms with Gasteiger partial charge in [0.25, 0.3) is 0 Å². The highest BCUT2D eigenvalue weighted by molar-refractivity contribution is 14.0. The van der Waals surface area contributed by atoms with Crippen molar-refractivity contribution in [2.24, 2.45) is 10.7 Å². The highest BCUT2D eigenvalue weighted by atomic mass is 127. The Morgan fingerprint density at radius 2 is 2.18 bits per heavy atom. The summed E-state index contributed by atoms with van der Waals surface area (Å²) in [4.78, 5) is 11.3. The molecule has 2 N–H and O–H groups in total. The van der Waals surface area contributed by atoms with Crippen LogP contribution in [0.25, 0.3) is 5.65 Å². The zero-order chi connectivity index (χ0) is 14.7. The molecule has 3 rings (SSSR count). The maximum atomic E-state index is 6.05. The number of hydrogen-bond donors (Lipinski definition) is 1. The highest BCUT2D eigenvalue weighted by Gasteiger charge is 2.12. The Morgan fingerprint density at radius 3 is 2.91 bits per heavy atom. The second kappa shape index (κ2) is 8.05. The molecule has 1 saturated heterocycles. The molecule has 0 aliphatic carbocycles.